The van der Waals surface area contributed by atoms with E-state index in [2.05, 4.69) is 5.32 Å². The monoisotopic (exact) mass is 413 g/mol. The van der Waals surface area contributed by atoms with Crippen molar-refractivity contribution in [2.45, 2.75) is 17.9 Å². The van der Waals surface area contributed by atoms with Gasteiger partial charge in [-0.05, 0) is 47.5 Å². The van der Waals surface area contributed by atoms with Gasteiger partial charge in [0.1, 0.15) is 0 Å². The van der Waals surface area contributed by atoms with Gasteiger partial charge in [-0.3, -0.25) is 9.59 Å². The zero-order valence-corrected chi connectivity index (χ0v) is 16.9. The van der Waals surface area contributed by atoms with Crippen LogP contribution < -0.4 is 5.32 Å². The lowest BCUT2D eigenvalue weighted by Crippen LogP contribution is -2.31. The Morgan fingerprint density at radius 2 is 1.82 bits per heavy atom. The molecule has 6 heteroatoms. The van der Waals surface area contributed by atoms with Gasteiger partial charge in [0.25, 0.3) is 5.91 Å². The first-order valence-electron chi connectivity index (χ1n) is 8.83. The van der Waals surface area contributed by atoms with E-state index in [4.69, 9.17) is 16.3 Å². The van der Waals surface area contributed by atoms with Crippen molar-refractivity contribution in [3.05, 3.63) is 77.3 Å². The molecule has 1 N–H and O–H groups in total. The standard InChI is InChI=1S/C22H20ClNO3S/c1-15(17-7-4-8-19(23)11-17)24-21(25)13-27-22(26)14-28-20-10-9-16-5-2-3-6-18(16)12-20/h2-12,15H,13-14H2,1H3,(H,24,25)/t15-/m0/s1. The predicted molar refractivity (Wildman–Crippen MR) is 114 cm³/mol. The fourth-order valence-corrected chi connectivity index (χ4v) is 3.67. The molecular formula is C22H20ClNO3S. The molecule has 28 heavy (non-hydrogen) atoms. The van der Waals surface area contributed by atoms with Crippen LogP contribution in [0.5, 0.6) is 0 Å². The van der Waals surface area contributed by atoms with Crippen molar-refractivity contribution >= 4 is 46.0 Å². The Balaban J connectivity index is 1.43. The Labute approximate surface area is 173 Å². The number of carbonyl (C=O) groups excluding carboxylic acids is 2. The lowest BCUT2D eigenvalue weighted by molar-refractivity contribution is -0.146. The number of hydrogen-bond donors (Lipinski definition) is 1. The molecule has 0 saturated carbocycles. The maximum absolute atomic E-state index is 12.0. The zero-order chi connectivity index (χ0) is 19.9. The lowest BCUT2D eigenvalue weighted by Gasteiger charge is -2.14. The van der Waals surface area contributed by atoms with Gasteiger partial charge >= 0.3 is 5.97 Å². The van der Waals surface area contributed by atoms with Crippen LogP contribution in [0.1, 0.15) is 18.5 Å². The Morgan fingerprint density at radius 1 is 1.04 bits per heavy atom. The number of amides is 1. The number of benzene rings is 3. The summed E-state index contributed by atoms with van der Waals surface area (Å²) in [5, 5.41) is 5.67. The lowest BCUT2D eigenvalue weighted by atomic mass is 10.1. The minimum atomic E-state index is -0.427. The van der Waals surface area contributed by atoms with Crippen LogP contribution in [-0.2, 0) is 14.3 Å². The molecule has 0 aliphatic carbocycles. The number of nitrogens with one attached hydrogen (secondary N) is 1. The highest BCUT2D eigenvalue weighted by molar-refractivity contribution is 8.00. The first-order valence-corrected chi connectivity index (χ1v) is 10.2. The Bertz CT molecular complexity index is 992. The van der Waals surface area contributed by atoms with Crippen LogP contribution in [0, 0.1) is 0 Å². The maximum Gasteiger partial charge on any atom is 0.316 e. The van der Waals surface area contributed by atoms with Crippen LogP contribution >= 0.6 is 23.4 Å². The van der Waals surface area contributed by atoms with Gasteiger partial charge < -0.3 is 10.1 Å². The second kappa shape index (κ2) is 9.62. The molecule has 0 radical (unpaired) electrons. The summed E-state index contributed by atoms with van der Waals surface area (Å²) >= 11 is 7.35. The van der Waals surface area contributed by atoms with E-state index in [0.717, 1.165) is 21.2 Å². The summed E-state index contributed by atoms with van der Waals surface area (Å²) in [5.74, 6) is -0.629. The van der Waals surface area contributed by atoms with Crippen molar-refractivity contribution in [2.75, 3.05) is 12.4 Å². The van der Waals surface area contributed by atoms with Gasteiger partial charge in [0, 0.05) is 9.92 Å². The average molecular weight is 414 g/mol. The highest BCUT2D eigenvalue weighted by Gasteiger charge is 2.12. The third-order valence-electron chi connectivity index (χ3n) is 4.17. The number of thioether (sulfide) groups is 1. The van der Waals surface area contributed by atoms with Crippen LogP contribution in [0.2, 0.25) is 5.02 Å². The van der Waals surface area contributed by atoms with Gasteiger partial charge in [-0.15, -0.1) is 11.8 Å². The van der Waals surface area contributed by atoms with E-state index >= 15 is 0 Å². The van der Waals surface area contributed by atoms with E-state index in [0.29, 0.717) is 5.02 Å². The summed E-state index contributed by atoms with van der Waals surface area (Å²) in [6, 6.07) is 21.1. The molecule has 0 aliphatic heterocycles. The summed E-state index contributed by atoms with van der Waals surface area (Å²) in [5.41, 5.74) is 0.888. The maximum atomic E-state index is 12.0. The minimum absolute atomic E-state index is 0.148. The fourth-order valence-electron chi connectivity index (χ4n) is 2.73. The van der Waals surface area contributed by atoms with Crippen molar-refractivity contribution in [3.8, 4) is 0 Å². The van der Waals surface area contributed by atoms with Crippen LogP contribution in [0.4, 0.5) is 0 Å². The topological polar surface area (TPSA) is 55.4 Å². The summed E-state index contributed by atoms with van der Waals surface area (Å²) in [4.78, 5) is 24.9. The number of carbonyl (C=O) groups is 2. The van der Waals surface area contributed by atoms with E-state index in [-0.39, 0.29) is 24.3 Å². The number of hydrogen-bond acceptors (Lipinski definition) is 4. The molecule has 0 aromatic heterocycles. The molecule has 1 amide bonds. The Hall–Kier alpha value is -2.50. The second-order valence-corrected chi connectivity index (χ2v) is 7.79. The normalized spacial score (nSPS) is 11.8. The highest BCUT2D eigenvalue weighted by atomic mass is 35.5. The molecule has 0 heterocycles. The first-order chi connectivity index (χ1) is 13.5. The van der Waals surface area contributed by atoms with Crippen LogP contribution in [0.25, 0.3) is 10.8 Å². The molecule has 3 rings (SSSR count). The molecule has 0 unspecified atom stereocenters. The average Bonchev–Trinajstić information content (AvgIpc) is 2.70. The molecule has 1 atom stereocenters. The summed E-state index contributed by atoms with van der Waals surface area (Å²) in [6.07, 6.45) is 0. The molecule has 0 aliphatic rings. The smallest absolute Gasteiger partial charge is 0.316 e. The molecule has 0 spiro atoms. The quantitative estimate of drug-likeness (QED) is 0.437. The van der Waals surface area contributed by atoms with E-state index in [1.54, 1.807) is 12.1 Å². The van der Waals surface area contributed by atoms with Gasteiger partial charge in [0.2, 0.25) is 0 Å². The zero-order valence-electron chi connectivity index (χ0n) is 15.4. The molecule has 3 aromatic rings. The number of ether oxygens (including phenoxy) is 1. The van der Waals surface area contributed by atoms with Gasteiger partial charge in [0.15, 0.2) is 6.61 Å². The summed E-state index contributed by atoms with van der Waals surface area (Å²) in [6.45, 7) is 1.54. The van der Waals surface area contributed by atoms with Crippen LogP contribution in [-0.4, -0.2) is 24.2 Å². The summed E-state index contributed by atoms with van der Waals surface area (Å²) in [7, 11) is 0. The highest BCUT2D eigenvalue weighted by Crippen LogP contribution is 2.23. The number of esters is 1. The molecule has 0 saturated heterocycles. The minimum Gasteiger partial charge on any atom is -0.455 e. The Morgan fingerprint density at radius 3 is 2.61 bits per heavy atom. The number of rotatable bonds is 7. The van der Waals surface area contributed by atoms with E-state index < -0.39 is 5.97 Å². The first kappa shape index (κ1) is 20.2. The molecule has 144 valence electrons. The van der Waals surface area contributed by atoms with E-state index in [1.165, 1.54) is 11.8 Å². The van der Waals surface area contributed by atoms with Crippen molar-refractivity contribution < 1.29 is 14.3 Å². The molecule has 3 aromatic carbocycles. The van der Waals surface area contributed by atoms with Crippen molar-refractivity contribution in [2.24, 2.45) is 0 Å². The Kier molecular flexibility index (Phi) is 6.95. The van der Waals surface area contributed by atoms with Gasteiger partial charge in [-0.1, -0.05) is 54.1 Å². The molecule has 0 bridgehead atoms. The van der Waals surface area contributed by atoms with Gasteiger partial charge in [-0.2, -0.15) is 0 Å². The predicted octanol–water partition coefficient (Wildman–Crippen LogP) is 5.01. The second-order valence-electron chi connectivity index (χ2n) is 6.30. The van der Waals surface area contributed by atoms with Crippen molar-refractivity contribution in [1.29, 1.82) is 0 Å². The third-order valence-corrected chi connectivity index (χ3v) is 5.37. The van der Waals surface area contributed by atoms with Gasteiger partial charge in [0.05, 0.1) is 11.8 Å². The number of halogens is 1. The van der Waals surface area contributed by atoms with Crippen LogP contribution in [0.3, 0.4) is 0 Å². The van der Waals surface area contributed by atoms with E-state index in [1.807, 2.05) is 61.5 Å². The molecule has 0 fully saturated rings. The molecular weight excluding hydrogens is 394 g/mol. The fraction of sp³-hybridized carbons (Fsp3) is 0.182. The van der Waals surface area contributed by atoms with Gasteiger partial charge in [-0.25, -0.2) is 0 Å². The van der Waals surface area contributed by atoms with Crippen LogP contribution in [0.15, 0.2) is 71.6 Å². The van der Waals surface area contributed by atoms with Crippen molar-refractivity contribution in [3.63, 3.8) is 0 Å². The SMILES string of the molecule is C[C@H](NC(=O)COC(=O)CSc1ccc2ccccc2c1)c1cccc(Cl)c1. The number of fused-ring (bicyclic) bond motifs is 1. The summed E-state index contributed by atoms with van der Waals surface area (Å²) < 4.78 is 5.08. The van der Waals surface area contributed by atoms with Crippen molar-refractivity contribution in [1.82, 2.24) is 5.32 Å². The largest absolute Gasteiger partial charge is 0.455 e. The third kappa shape index (κ3) is 5.75. The molecule has 4 nitrogen and oxygen atoms in total. The van der Waals surface area contributed by atoms with E-state index in [9.17, 15) is 9.59 Å².